The van der Waals surface area contributed by atoms with Crippen LogP contribution in [0.15, 0.2) is 24.4 Å². The molecule has 0 aliphatic carbocycles. The molecule has 96 valence electrons. The molecule has 2 N–H and O–H groups in total. The highest BCUT2D eigenvalue weighted by atomic mass is 16.5. The van der Waals surface area contributed by atoms with Gasteiger partial charge in [0.1, 0.15) is 0 Å². The minimum absolute atomic E-state index is 0.00708. The van der Waals surface area contributed by atoms with Gasteiger partial charge in [-0.05, 0) is 31.9 Å². The number of pyridine rings is 1. The van der Waals surface area contributed by atoms with Crippen molar-refractivity contribution in [3.05, 3.63) is 30.1 Å². The van der Waals surface area contributed by atoms with Gasteiger partial charge < -0.3 is 10.5 Å². The quantitative estimate of drug-likeness (QED) is 0.791. The average Bonchev–Trinajstić information content (AvgIpc) is 2.37. The molecule has 1 heterocycles. The maximum absolute atomic E-state index is 6.33. The fourth-order valence-corrected chi connectivity index (χ4v) is 2.30. The molecule has 3 heteroatoms. The third kappa shape index (κ3) is 3.51. The molecule has 0 bridgehead atoms. The Labute approximate surface area is 104 Å². The lowest BCUT2D eigenvalue weighted by atomic mass is 9.86. The van der Waals surface area contributed by atoms with Gasteiger partial charge in [-0.15, -0.1) is 0 Å². The van der Waals surface area contributed by atoms with Crippen molar-refractivity contribution in [3.8, 4) is 0 Å². The van der Waals surface area contributed by atoms with Gasteiger partial charge in [0.05, 0.1) is 5.60 Å². The SMILES string of the molecule is CCOC(CC)(CC)C(N)Cc1ccccn1. The zero-order valence-electron chi connectivity index (χ0n) is 11.1. The van der Waals surface area contributed by atoms with Crippen LogP contribution in [0.25, 0.3) is 0 Å². The molecule has 3 nitrogen and oxygen atoms in total. The monoisotopic (exact) mass is 236 g/mol. The third-order valence-corrected chi connectivity index (χ3v) is 3.46. The first-order valence-corrected chi connectivity index (χ1v) is 6.48. The molecule has 0 radical (unpaired) electrons. The number of hydrogen-bond donors (Lipinski definition) is 1. The first-order valence-electron chi connectivity index (χ1n) is 6.48. The van der Waals surface area contributed by atoms with Crippen molar-refractivity contribution in [2.75, 3.05) is 6.61 Å². The maximum Gasteiger partial charge on any atom is 0.0831 e. The summed E-state index contributed by atoms with van der Waals surface area (Å²) in [4.78, 5) is 4.33. The van der Waals surface area contributed by atoms with E-state index in [-0.39, 0.29) is 11.6 Å². The molecule has 1 atom stereocenters. The molecule has 0 saturated heterocycles. The van der Waals surface area contributed by atoms with E-state index < -0.39 is 0 Å². The van der Waals surface area contributed by atoms with Crippen LogP contribution in [-0.2, 0) is 11.2 Å². The summed E-state index contributed by atoms with van der Waals surface area (Å²) in [6.45, 7) is 7.00. The summed E-state index contributed by atoms with van der Waals surface area (Å²) in [5.41, 5.74) is 7.14. The molecule has 0 aromatic carbocycles. The molecular weight excluding hydrogens is 212 g/mol. The molecular formula is C14H24N2O. The number of rotatable bonds is 7. The predicted octanol–water partition coefficient (Wildman–Crippen LogP) is 2.55. The van der Waals surface area contributed by atoms with E-state index in [1.165, 1.54) is 0 Å². The smallest absolute Gasteiger partial charge is 0.0831 e. The van der Waals surface area contributed by atoms with Crippen LogP contribution in [0, 0.1) is 0 Å². The van der Waals surface area contributed by atoms with E-state index in [9.17, 15) is 0 Å². The lowest BCUT2D eigenvalue weighted by Crippen LogP contribution is -2.50. The Hall–Kier alpha value is -0.930. The number of ether oxygens (including phenoxy) is 1. The summed E-state index contributed by atoms with van der Waals surface area (Å²) < 4.78 is 5.91. The van der Waals surface area contributed by atoms with Gasteiger partial charge in [0.25, 0.3) is 0 Å². The highest BCUT2D eigenvalue weighted by Gasteiger charge is 2.34. The summed E-state index contributed by atoms with van der Waals surface area (Å²) in [6.07, 6.45) is 4.45. The van der Waals surface area contributed by atoms with Gasteiger partial charge in [-0.1, -0.05) is 19.9 Å². The lowest BCUT2D eigenvalue weighted by molar-refractivity contribution is -0.0635. The Morgan fingerprint density at radius 3 is 2.47 bits per heavy atom. The van der Waals surface area contributed by atoms with E-state index in [1.54, 1.807) is 0 Å². The highest BCUT2D eigenvalue weighted by molar-refractivity contribution is 5.07. The van der Waals surface area contributed by atoms with E-state index >= 15 is 0 Å². The number of aromatic nitrogens is 1. The zero-order valence-corrected chi connectivity index (χ0v) is 11.1. The second kappa shape index (κ2) is 6.72. The van der Waals surface area contributed by atoms with E-state index in [1.807, 2.05) is 31.3 Å². The van der Waals surface area contributed by atoms with Crippen molar-refractivity contribution in [1.82, 2.24) is 4.98 Å². The molecule has 0 aliphatic heterocycles. The summed E-state index contributed by atoms with van der Waals surface area (Å²) in [7, 11) is 0. The van der Waals surface area contributed by atoms with Gasteiger partial charge in [0.15, 0.2) is 0 Å². The Balaban J connectivity index is 2.75. The Morgan fingerprint density at radius 1 is 1.29 bits per heavy atom. The highest BCUT2D eigenvalue weighted by Crippen LogP contribution is 2.25. The van der Waals surface area contributed by atoms with Crippen LogP contribution in [0.4, 0.5) is 0 Å². The predicted molar refractivity (Wildman–Crippen MR) is 70.9 cm³/mol. The van der Waals surface area contributed by atoms with E-state index in [4.69, 9.17) is 10.5 Å². The molecule has 0 spiro atoms. The topological polar surface area (TPSA) is 48.1 Å². The van der Waals surface area contributed by atoms with Crippen molar-refractivity contribution in [2.45, 2.75) is 51.7 Å². The Kier molecular flexibility index (Phi) is 5.59. The molecule has 1 unspecified atom stereocenters. The first-order chi connectivity index (χ1) is 8.18. The van der Waals surface area contributed by atoms with Crippen LogP contribution in [0.5, 0.6) is 0 Å². The summed E-state index contributed by atoms with van der Waals surface area (Å²) in [6, 6.07) is 5.93. The fourth-order valence-electron chi connectivity index (χ4n) is 2.30. The lowest BCUT2D eigenvalue weighted by Gasteiger charge is -2.37. The van der Waals surface area contributed by atoms with Crippen molar-refractivity contribution in [1.29, 1.82) is 0 Å². The maximum atomic E-state index is 6.33. The normalized spacial score (nSPS) is 13.6. The second-order valence-corrected chi connectivity index (χ2v) is 4.34. The molecule has 1 rings (SSSR count). The van der Waals surface area contributed by atoms with Crippen molar-refractivity contribution in [3.63, 3.8) is 0 Å². The molecule has 17 heavy (non-hydrogen) atoms. The number of hydrogen-bond acceptors (Lipinski definition) is 3. The van der Waals surface area contributed by atoms with Gasteiger partial charge in [0, 0.05) is 31.0 Å². The summed E-state index contributed by atoms with van der Waals surface area (Å²) in [5, 5.41) is 0. The third-order valence-electron chi connectivity index (χ3n) is 3.46. The average molecular weight is 236 g/mol. The van der Waals surface area contributed by atoms with Crippen molar-refractivity contribution >= 4 is 0 Å². The van der Waals surface area contributed by atoms with E-state index in [2.05, 4.69) is 18.8 Å². The molecule has 1 aromatic heterocycles. The van der Waals surface area contributed by atoms with Crippen LogP contribution in [-0.4, -0.2) is 23.2 Å². The zero-order chi connectivity index (χ0) is 12.7. The van der Waals surface area contributed by atoms with Gasteiger partial charge in [-0.3, -0.25) is 4.98 Å². The second-order valence-electron chi connectivity index (χ2n) is 4.34. The fraction of sp³-hybridized carbons (Fsp3) is 0.643. The van der Waals surface area contributed by atoms with Crippen LogP contribution < -0.4 is 5.73 Å². The number of nitrogens with zero attached hydrogens (tertiary/aromatic N) is 1. The first kappa shape index (κ1) is 14.1. The molecule has 0 amide bonds. The standard InChI is InChI=1S/C14H24N2O/c1-4-14(5-2,17-6-3)13(15)11-12-9-7-8-10-16-12/h7-10,13H,4-6,11,15H2,1-3H3. The minimum Gasteiger partial charge on any atom is -0.374 e. The van der Waals surface area contributed by atoms with Gasteiger partial charge in [0.2, 0.25) is 0 Å². The van der Waals surface area contributed by atoms with Crippen LogP contribution in [0.2, 0.25) is 0 Å². The van der Waals surface area contributed by atoms with Gasteiger partial charge >= 0.3 is 0 Å². The molecule has 1 aromatic rings. The van der Waals surface area contributed by atoms with Crippen molar-refractivity contribution < 1.29 is 4.74 Å². The number of nitrogens with two attached hydrogens (primary N) is 1. The van der Waals surface area contributed by atoms with E-state index in [0.29, 0.717) is 6.61 Å². The van der Waals surface area contributed by atoms with Crippen molar-refractivity contribution in [2.24, 2.45) is 5.73 Å². The minimum atomic E-state index is -0.216. The molecule has 0 saturated carbocycles. The molecule has 0 fully saturated rings. The van der Waals surface area contributed by atoms with Crippen LogP contribution in [0.3, 0.4) is 0 Å². The summed E-state index contributed by atoms with van der Waals surface area (Å²) in [5.74, 6) is 0. The Bertz CT molecular complexity index is 309. The summed E-state index contributed by atoms with van der Waals surface area (Å²) >= 11 is 0. The van der Waals surface area contributed by atoms with E-state index in [0.717, 1.165) is 25.0 Å². The van der Waals surface area contributed by atoms with Gasteiger partial charge in [-0.2, -0.15) is 0 Å². The Morgan fingerprint density at radius 2 is 2.00 bits per heavy atom. The van der Waals surface area contributed by atoms with Gasteiger partial charge in [-0.25, -0.2) is 0 Å². The van der Waals surface area contributed by atoms with Crippen LogP contribution >= 0.6 is 0 Å². The van der Waals surface area contributed by atoms with Crippen LogP contribution in [0.1, 0.15) is 39.3 Å². The largest absolute Gasteiger partial charge is 0.374 e. The molecule has 0 aliphatic rings.